The summed E-state index contributed by atoms with van der Waals surface area (Å²) in [4.78, 5) is 11.9. The van der Waals surface area contributed by atoms with Crippen LogP contribution >= 0.6 is 0 Å². The van der Waals surface area contributed by atoms with Crippen LogP contribution in [-0.2, 0) is 11.3 Å². The van der Waals surface area contributed by atoms with Crippen LogP contribution in [0.2, 0.25) is 0 Å². The van der Waals surface area contributed by atoms with E-state index in [2.05, 4.69) is 10.6 Å². The summed E-state index contributed by atoms with van der Waals surface area (Å²) in [6, 6.07) is 18.1. The number of hydrogen-bond donors (Lipinski definition) is 2. The number of ether oxygens (including phenoxy) is 2. The summed E-state index contributed by atoms with van der Waals surface area (Å²) < 4.78 is 10.9. The molecule has 1 aliphatic rings. The maximum atomic E-state index is 11.9. The predicted octanol–water partition coefficient (Wildman–Crippen LogP) is 3.95. The van der Waals surface area contributed by atoms with Crippen LogP contribution in [0.4, 0.5) is 10.5 Å². The molecule has 25 heavy (non-hydrogen) atoms. The van der Waals surface area contributed by atoms with E-state index in [4.69, 9.17) is 9.47 Å². The summed E-state index contributed by atoms with van der Waals surface area (Å²) >= 11 is 0. The Morgan fingerprint density at radius 2 is 1.76 bits per heavy atom. The largest absolute Gasteiger partial charge is 0.492 e. The van der Waals surface area contributed by atoms with Gasteiger partial charge in [-0.1, -0.05) is 42.5 Å². The molecule has 5 heteroatoms. The van der Waals surface area contributed by atoms with Crippen molar-refractivity contribution in [2.45, 2.75) is 38.5 Å². The van der Waals surface area contributed by atoms with Crippen LogP contribution in [-0.4, -0.2) is 24.8 Å². The van der Waals surface area contributed by atoms with Gasteiger partial charge in [0.1, 0.15) is 12.4 Å². The number of para-hydroxylation sites is 2. The Balaban J connectivity index is 1.39. The van der Waals surface area contributed by atoms with Crippen LogP contribution in [0.3, 0.4) is 0 Å². The van der Waals surface area contributed by atoms with Gasteiger partial charge in [-0.25, -0.2) is 4.79 Å². The van der Waals surface area contributed by atoms with E-state index >= 15 is 0 Å². The van der Waals surface area contributed by atoms with E-state index in [1.807, 2.05) is 61.5 Å². The molecule has 2 aromatic rings. The molecule has 0 aliphatic heterocycles. The summed E-state index contributed by atoms with van der Waals surface area (Å²) in [7, 11) is 0. The highest BCUT2D eigenvalue weighted by atomic mass is 16.5. The van der Waals surface area contributed by atoms with Crippen molar-refractivity contribution in [3.63, 3.8) is 0 Å². The maximum absolute atomic E-state index is 11.9. The number of alkyl carbamates (subject to hydrolysis) is 1. The molecule has 0 bridgehead atoms. The molecule has 3 rings (SSSR count). The molecule has 0 unspecified atom stereocenters. The molecule has 132 valence electrons. The molecule has 0 atom stereocenters. The van der Waals surface area contributed by atoms with Crippen LogP contribution in [0.15, 0.2) is 54.6 Å². The normalized spacial score (nSPS) is 18.8. The molecule has 1 aliphatic carbocycles. The first-order chi connectivity index (χ1) is 12.2. The first-order valence-electron chi connectivity index (χ1n) is 8.70. The Hall–Kier alpha value is -2.69. The number of benzene rings is 2. The first kappa shape index (κ1) is 17.1. The summed E-state index contributed by atoms with van der Waals surface area (Å²) in [5.41, 5.74) is 1.98. The van der Waals surface area contributed by atoms with Crippen LogP contribution in [0.5, 0.6) is 5.75 Å². The Morgan fingerprint density at radius 1 is 1.04 bits per heavy atom. The second kappa shape index (κ2) is 8.42. The van der Waals surface area contributed by atoms with Crippen molar-refractivity contribution in [3.05, 3.63) is 60.2 Å². The van der Waals surface area contributed by atoms with E-state index in [0.29, 0.717) is 19.3 Å². The minimum Gasteiger partial charge on any atom is -0.492 e. The molecule has 2 aromatic carbocycles. The van der Waals surface area contributed by atoms with E-state index in [1.165, 1.54) is 0 Å². The topological polar surface area (TPSA) is 59.6 Å². The molecule has 0 spiro atoms. The van der Waals surface area contributed by atoms with Gasteiger partial charge >= 0.3 is 6.09 Å². The fraction of sp³-hybridized carbons (Fsp3) is 0.350. The lowest BCUT2D eigenvalue weighted by Gasteiger charge is -2.36. The monoisotopic (exact) mass is 340 g/mol. The minimum absolute atomic E-state index is 0.153. The lowest BCUT2D eigenvalue weighted by Crippen LogP contribution is -2.49. The van der Waals surface area contributed by atoms with Crippen molar-refractivity contribution in [3.8, 4) is 5.75 Å². The molecule has 0 heterocycles. The van der Waals surface area contributed by atoms with Gasteiger partial charge in [-0.2, -0.15) is 0 Å². The van der Waals surface area contributed by atoms with E-state index in [-0.39, 0.29) is 12.1 Å². The number of rotatable bonds is 7. The molecule has 1 amide bonds. The lowest BCUT2D eigenvalue weighted by atomic mass is 9.86. The van der Waals surface area contributed by atoms with Gasteiger partial charge in [0.25, 0.3) is 0 Å². The number of hydrogen-bond acceptors (Lipinski definition) is 4. The van der Waals surface area contributed by atoms with Crippen LogP contribution in [0, 0.1) is 0 Å². The standard InChI is InChI=1S/C20H24N2O3/c1-2-24-19-11-7-6-10-18(19)21-16-12-17(13-16)22-20(23)25-14-15-8-4-3-5-9-15/h3-11,16-17,21H,2,12-14H2,1H3,(H,22,23). The smallest absolute Gasteiger partial charge is 0.407 e. The average molecular weight is 340 g/mol. The summed E-state index contributed by atoms with van der Waals surface area (Å²) in [6.45, 7) is 2.91. The number of nitrogens with one attached hydrogen (secondary N) is 2. The third-order valence-corrected chi connectivity index (χ3v) is 4.22. The molecule has 0 radical (unpaired) electrons. The van der Waals surface area contributed by atoms with Gasteiger partial charge in [0.15, 0.2) is 0 Å². The number of amides is 1. The quantitative estimate of drug-likeness (QED) is 0.801. The summed E-state index contributed by atoms with van der Waals surface area (Å²) in [5.74, 6) is 0.865. The van der Waals surface area contributed by atoms with E-state index < -0.39 is 0 Å². The molecular formula is C20H24N2O3. The van der Waals surface area contributed by atoms with Crippen molar-refractivity contribution in [1.29, 1.82) is 0 Å². The van der Waals surface area contributed by atoms with Gasteiger partial charge in [-0.3, -0.25) is 0 Å². The number of carbonyl (C=O) groups is 1. The number of anilines is 1. The molecule has 0 aromatic heterocycles. The zero-order valence-corrected chi connectivity index (χ0v) is 14.4. The molecular weight excluding hydrogens is 316 g/mol. The SMILES string of the molecule is CCOc1ccccc1NC1CC(NC(=O)OCc2ccccc2)C1. The average Bonchev–Trinajstić information content (AvgIpc) is 2.61. The van der Waals surface area contributed by atoms with Gasteiger partial charge in [0.2, 0.25) is 0 Å². The summed E-state index contributed by atoms with van der Waals surface area (Å²) in [5, 5.41) is 6.39. The van der Waals surface area contributed by atoms with Crippen molar-refractivity contribution >= 4 is 11.8 Å². The van der Waals surface area contributed by atoms with Crippen LogP contribution in [0.25, 0.3) is 0 Å². The Kier molecular flexibility index (Phi) is 5.77. The van der Waals surface area contributed by atoms with E-state index in [9.17, 15) is 4.79 Å². The van der Waals surface area contributed by atoms with Gasteiger partial charge in [0, 0.05) is 12.1 Å². The third kappa shape index (κ3) is 4.89. The van der Waals surface area contributed by atoms with Gasteiger partial charge in [0.05, 0.1) is 12.3 Å². The first-order valence-corrected chi connectivity index (χ1v) is 8.70. The molecule has 5 nitrogen and oxygen atoms in total. The zero-order chi connectivity index (χ0) is 17.5. The van der Waals surface area contributed by atoms with Gasteiger partial charge in [-0.15, -0.1) is 0 Å². The van der Waals surface area contributed by atoms with E-state index in [1.54, 1.807) is 0 Å². The third-order valence-electron chi connectivity index (χ3n) is 4.22. The fourth-order valence-corrected chi connectivity index (χ4v) is 2.87. The van der Waals surface area contributed by atoms with Crippen LogP contribution < -0.4 is 15.4 Å². The van der Waals surface area contributed by atoms with Gasteiger partial charge < -0.3 is 20.1 Å². The van der Waals surface area contributed by atoms with Crippen molar-refractivity contribution in [1.82, 2.24) is 5.32 Å². The highest BCUT2D eigenvalue weighted by Crippen LogP contribution is 2.30. The van der Waals surface area contributed by atoms with Crippen molar-refractivity contribution < 1.29 is 14.3 Å². The van der Waals surface area contributed by atoms with E-state index in [0.717, 1.165) is 29.8 Å². The molecule has 1 saturated carbocycles. The fourth-order valence-electron chi connectivity index (χ4n) is 2.87. The maximum Gasteiger partial charge on any atom is 0.407 e. The lowest BCUT2D eigenvalue weighted by molar-refractivity contribution is 0.129. The van der Waals surface area contributed by atoms with Crippen LogP contribution in [0.1, 0.15) is 25.3 Å². The number of carbonyl (C=O) groups excluding carboxylic acids is 1. The Labute approximate surface area is 148 Å². The highest BCUT2D eigenvalue weighted by Gasteiger charge is 2.31. The molecule has 0 saturated heterocycles. The van der Waals surface area contributed by atoms with Gasteiger partial charge in [-0.05, 0) is 37.5 Å². The van der Waals surface area contributed by atoms with Crippen molar-refractivity contribution in [2.75, 3.05) is 11.9 Å². The Bertz CT molecular complexity index is 684. The van der Waals surface area contributed by atoms with Crippen molar-refractivity contribution in [2.24, 2.45) is 0 Å². The zero-order valence-electron chi connectivity index (χ0n) is 14.4. The molecule has 2 N–H and O–H groups in total. The Morgan fingerprint density at radius 3 is 2.52 bits per heavy atom. The summed E-state index contributed by atoms with van der Waals surface area (Å²) in [6.07, 6.45) is 1.39. The second-order valence-electron chi connectivity index (χ2n) is 6.14. The minimum atomic E-state index is -0.359. The second-order valence-corrected chi connectivity index (χ2v) is 6.14. The molecule has 1 fully saturated rings. The predicted molar refractivity (Wildman–Crippen MR) is 97.8 cm³/mol. The highest BCUT2D eigenvalue weighted by molar-refractivity contribution is 5.68.